The highest BCUT2D eigenvalue weighted by Gasteiger charge is 2.31. The van der Waals surface area contributed by atoms with E-state index in [1.54, 1.807) is 39.0 Å². The molecule has 0 aliphatic rings. The first-order valence-electron chi connectivity index (χ1n) is 10.9. The average Bonchev–Trinajstić information content (AvgIpc) is 3.14. The van der Waals surface area contributed by atoms with Crippen molar-refractivity contribution in [3.05, 3.63) is 111 Å². The lowest BCUT2D eigenvalue weighted by atomic mass is 10.0. The summed E-state index contributed by atoms with van der Waals surface area (Å²) >= 11 is 0. The third kappa shape index (κ3) is 4.91. The maximum absolute atomic E-state index is 13.5. The molecule has 5 nitrogen and oxygen atoms in total. The molecule has 0 bridgehead atoms. The second-order valence-corrected chi connectivity index (χ2v) is 8.23. The first-order valence-corrected chi connectivity index (χ1v) is 10.9. The summed E-state index contributed by atoms with van der Waals surface area (Å²) < 4.78 is 46.7. The molecule has 2 aromatic heterocycles. The van der Waals surface area contributed by atoms with Crippen LogP contribution in [0.25, 0.3) is 16.8 Å². The number of carbonyl (C=O) groups excluding carboxylic acids is 1. The van der Waals surface area contributed by atoms with Gasteiger partial charge in [-0.2, -0.15) is 13.2 Å². The van der Waals surface area contributed by atoms with Crippen molar-refractivity contribution in [1.82, 2.24) is 9.88 Å². The number of nitrogens with one attached hydrogen (secondary N) is 1. The van der Waals surface area contributed by atoms with Crippen LogP contribution in [0.2, 0.25) is 0 Å². The lowest BCUT2D eigenvalue weighted by molar-refractivity contribution is -0.137. The fourth-order valence-electron chi connectivity index (χ4n) is 4.04. The van der Waals surface area contributed by atoms with Gasteiger partial charge in [-0.3, -0.25) is 14.2 Å². The third-order valence-corrected chi connectivity index (χ3v) is 5.79. The van der Waals surface area contributed by atoms with E-state index < -0.39 is 23.2 Å². The summed E-state index contributed by atoms with van der Waals surface area (Å²) in [4.78, 5) is 26.6. The van der Waals surface area contributed by atoms with Crippen molar-refractivity contribution in [1.29, 1.82) is 0 Å². The van der Waals surface area contributed by atoms with Crippen molar-refractivity contribution in [2.24, 2.45) is 0 Å². The Morgan fingerprint density at radius 2 is 1.69 bits per heavy atom. The predicted molar refractivity (Wildman–Crippen MR) is 127 cm³/mol. The Morgan fingerprint density at radius 3 is 2.31 bits per heavy atom. The molecule has 4 rings (SSSR count). The summed E-state index contributed by atoms with van der Waals surface area (Å²) in [5.41, 5.74) is 0.717. The normalized spacial score (nSPS) is 11.5. The molecule has 0 atom stereocenters. The number of benzene rings is 2. The van der Waals surface area contributed by atoms with E-state index in [1.807, 2.05) is 18.2 Å². The maximum atomic E-state index is 13.5. The second kappa shape index (κ2) is 9.29. The second-order valence-electron chi connectivity index (χ2n) is 8.23. The minimum atomic E-state index is -4.58. The van der Waals surface area contributed by atoms with Crippen LogP contribution in [0.4, 0.5) is 13.2 Å². The van der Waals surface area contributed by atoms with Crippen LogP contribution in [0, 0.1) is 20.8 Å². The van der Waals surface area contributed by atoms with E-state index in [0.29, 0.717) is 22.8 Å². The molecule has 8 heteroatoms. The first-order chi connectivity index (χ1) is 16.6. The molecule has 1 N–H and O–H groups in total. The van der Waals surface area contributed by atoms with Gasteiger partial charge in [0, 0.05) is 29.1 Å². The lowest BCUT2D eigenvalue weighted by Crippen LogP contribution is -2.33. The van der Waals surface area contributed by atoms with Crippen molar-refractivity contribution in [2.75, 3.05) is 0 Å². The van der Waals surface area contributed by atoms with Gasteiger partial charge < -0.3 is 9.73 Å². The number of nitrogens with zero attached hydrogens (tertiary/aromatic N) is 1. The van der Waals surface area contributed by atoms with Crippen molar-refractivity contribution >= 4 is 5.91 Å². The van der Waals surface area contributed by atoms with Gasteiger partial charge in [0.25, 0.3) is 11.5 Å². The standard InChI is InChI=1S/C27H23F3N2O3/c1-16-12-20(18(3)35-16)15-31-25(33)24-14-23(19-8-5-4-6-9-19)17(2)32(26(24)34)22-11-7-10-21(13-22)27(28,29)30/h4-14H,15H2,1-3H3,(H,31,33). The highest BCUT2D eigenvalue weighted by atomic mass is 19.4. The van der Waals surface area contributed by atoms with Gasteiger partial charge in [0.2, 0.25) is 0 Å². The number of pyridine rings is 1. The van der Waals surface area contributed by atoms with Gasteiger partial charge in [0.15, 0.2) is 0 Å². The summed E-state index contributed by atoms with van der Waals surface area (Å²) in [6, 6.07) is 16.8. The number of furan rings is 1. The largest absolute Gasteiger partial charge is 0.466 e. The molecule has 2 heterocycles. The van der Waals surface area contributed by atoms with Gasteiger partial charge in [-0.25, -0.2) is 0 Å². The summed E-state index contributed by atoms with van der Waals surface area (Å²) in [5, 5.41) is 2.73. The molecule has 180 valence electrons. The molecular formula is C27H23F3N2O3. The maximum Gasteiger partial charge on any atom is 0.416 e. The molecule has 0 aliphatic carbocycles. The van der Waals surface area contributed by atoms with Crippen molar-refractivity contribution in [2.45, 2.75) is 33.5 Å². The Bertz CT molecular complexity index is 1450. The van der Waals surface area contributed by atoms with Crippen LogP contribution in [-0.4, -0.2) is 10.5 Å². The predicted octanol–water partition coefficient (Wildman–Crippen LogP) is 5.97. The molecule has 0 aliphatic heterocycles. The minimum absolute atomic E-state index is 0.0236. The van der Waals surface area contributed by atoms with E-state index in [9.17, 15) is 22.8 Å². The van der Waals surface area contributed by atoms with E-state index in [0.717, 1.165) is 27.8 Å². The molecule has 35 heavy (non-hydrogen) atoms. The third-order valence-electron chi connectivity index (χ3n) is 5.79. The highest BCUT2D eigenvalue weighted by Crippen LogP contribution is 2.31. The van der Waals surface area contributed by atoms with Crippen LogP contribution in [-0.2, 0) is 12.7 Å². The van der Waals surface area contributed by atoms with E-state index >= 15 is 0 Å². The van der Waals surface area contributed by atoms with Gasteiger partial charge in [-0.1, -0.05) is 36.4 Å². The van der Waals surface area contributed by atoms with Crippen molar-refractivity contribution < 1.29 is 22.4 Å². The molecule has 0 saturated heterocycles. The van der Waals surface area contributed by atoms with Gasteiger partial charge >= 0.3 is 6.18 Å². The SMILES string of the molecule is Cc1cc(CNC(=O)c2cc(-c3ccccc3)c(C)n(-c3cccc(C(F)(F)F)c3)c2=O)c(C)o1. The minimum Gasteiger partial charge on any atom is -0.466 e. The fourth-order valence-corrected chi connectivity index (χ4v) is 4.04. The monoisotopic (exact) mass is 480 g/mol. The zero-order valence-electron chi connectivity index (χ0n) is 19.4. The number of rotatable bonds is 5. The molecule has 0 spiro atoms. The smallest absolute Gasteiger partial charge is 0.416 e. The van der Waals surface area contributed by atoms with E-state index in [2.05, 4.69) is 5.32 Å². The average molecular weight is 480 g/mol. The molecule has 0 radical (unpaired) electrons. The van der Waals surface area contributed by atoms with Gasteiger partial charge in [0.1, 0.15) is 17.1 Å². The Kier molecular flexibility index (Phi) is 6.39. The van der Waals surface area contributed by atoms with E-state index in [4.69, 9.17) is 4.42 Å². The van der Waals surface area contributed by atoms with Crippen LogP contribution in [0.3, 0.4) is 0 Å². The number of hydrogen-bond acceptors (Lipinski definition) is 3. The number of alkyl halides is 3. The fraction of sp³-hybridized carbons (Fsp3) is 0.185. The molecule has 2 aromatic carbocycles. The zero-order chi connectivity index (χ0) is 25.3. The first kappa shape index (κ1) is 24.1. The Labute approximate surface area is 199 Å². The molecule has 0 fully saturated rings. The Morgan fingerprint density at radius 1 is 0.971 bits per heavy atom. The Hall–Kier alpha value is -4.07. The number of aromatic nitrogens is 1. The van der Waals surface area contributed by atoms with E-state index in [-0.39, 0.29) is 17.8 Å². The summed E-state index contributed by atoms with van der Waals surface area (Å²) in [6.45, 7) is 5.34. The number of carbonyl (C=O) groups is 1. The lowest BCUT2D eigenvalue weighted by Gasteiger charge is -2.18. The van der Waals surface area contributed by atoms with Gasteiger partial charge in [-0.15, -0.1) is 0 Å². The molecule has 0 unspecified atom stereocenters. The van der Waals surface area contributed by atoms with Crippen LogP contribution >= 0.6 is 0 Å². The van der Waals surface area contributed by atoms with Crippen LogP contribution in [0.5, 0.6) is 0 Å². The van der Waals surface area contributed by atoms with Crippen molar-refractivity contribution in [3.8, 4) is 16.8 Å². The highest BCUT2D eigenvalue weighted by molar-refractivity contribution is 5.95. The van der Waals surface area contributed by atoms with E-state index in [1.165, 1.54) is 18.2 Å². The Balaban J connectivity index is 1.85. The zero-order valence-corrected chi connectivity index (χ0v) is 19.4. The van der Waals surface area contributed by atoms with Gasteiger partial charge in [-0.05, 0) is 56.7 Å². The summed E-state index contributed by atoms with van der Waals surface area (Å²) in [6.07, 6.45) is -4.58. The summed E-state index contributed by atoms with van der Waals surface area (Å²) in [5.74, 6) is 0.713. The molecule has 1 amide bonds. The van der Waals surface area contributed by atoms with Gasteiger partial charge in [0.05, 0.1) is 5.56 Å². The quantitative estimate of drug-likeness (QED) is 0.383. The number of amides is 1. The number of aryl methyl sites for hydroxylation is 2. The molecule has 4 aromatic rings. The van der Waals surface area contributed by atoms with Crippen LogP contribution in [0.1, 0.15) is 38.7 Å². The number of hydrogen-bond donors (Lipinski definition) is 1. The van der Waals surface area contributed by atoms with Crippen molar-refractivity contribution in [3.63, 3.8) is 0 Å². The van der Waals surface area contributed by atoms with Crippen LogP contribution < -0.4 is 10.9 Å². The summed E-state index contributed by atoms with van der Waals surface area (Å²) in [7, 11) is 0. The molecule has 0 saturated carbocycles. The number of halogens is 3. The molecular weight excluding hydrogens is 457 g/mol. The van der Waals surface area contributed by atoms with Crippen LogP contribution in [0.15, 0.2) is 75.9 Å². The topological polar surface area (TPSA) is 64.2 Å².